The summed E-state index contributed by atoms with van der Waals surface area (Å²) in [6, 6.07) is 11.6. The molecule has 1 unspecified atom stereocenters. The number of hydrogen-bond acceptors (Lipinski definition) is 2. The molecule has 0 radical (unpaired) electrons. The minimum atomic E-state index is 0.375. The Morgan fingerprint density at radius 2 is 1.76 bits per heavy atom. The van der Waals surface area contributed by atoms with E-state index in [0.29, 0.717) is 11.6 Å². The Hall–Kier alpha value is -0.860. The van der Waals surface area contributed by atoms with Crippen LogP contribution in [0.25, 0.3) is 0 Å². The standard InChI is InChI=1S/C19H30N2/c1-21(2)19(13-7-4-8-14-19)15-20-18(17-11-12-17)16-9-5-3-6-10-16/h3,5-6,9-10,17-18,20H,4,7-8,11-15H2,1-2H3. The molecule has 1 N–H and O–H groups in total. The van der Waals surface area contributed by atoms with Gasteiger partial charge in [-0.15, -0.1) is 0 Å². The number of hydrogen-bond donors (Lipinski definition) is 1. The van der Waals surface area contributed by atoms with Crippen LogP contribution in [-0.4, -0.2) is 31.1 Å². The van der Waals surface area contributed by atoms with E-state index in [0.717, 1.165) is 12.5 Å². The minimum Gasteiger partial charge on any atom is -0.308 e. The molecular weight excluding hydrogens is 256 g/mol. The summed E-state index contributed by atoms with van der Waals surface area (Å²) < 4.78 is 0. The van der Waals surface area contributed by atoms with E-state index in [4.69, 9.17) is 0 Å². The van der Waals surface area contributed by atoms with Gasteiger partial charge in [0.05, 0.1) is 0 Å². The molecule has 116 valence electrons. The van der Waals surface area contributed by atoms with Gasteiger partial charge in [-0.1, -0.05) is 49.6 Å². The number of nitrogens with zero attached hydrogens (tertiary/aromatic N) is 1. The highest BCUT2D eigenvalue weighted by Crippen LogP contribution is 2.41. The average molecular weight is 286 g/mol. The normalized spacial score (nSPS) is 23.2. The van der Waals surface area contributed by atoms with Gasteiger partial charge in [-0.05, 0) is 51.3 Å². The van der Waals surface area contributed by atoms with Gasteiger partial charge in [0, 0.05) is 18.1 Å². The summed E-state index contributed by atoms with van der Waals surface area (Å²) in [6.07, 6.45) is 9.67. The number of likely N-dealkylation sites (N-methyl/N-ethyl adjacent to an activating group) is 1. The molecule has 0 spiro atoms. The van der Waals surface area contributed by atoms with Gasteiger partial charge < -0.3 is 10.2 Å². The van der Waals surface area contributed by atoms with Crippen LogP contribution in [-0.2, 0) is 0 Å². The van der Waals surface area contributed by atoms with E-state index in [1.54, 1.807) is 0 Å². The molecular formula is C19H30N2. The van der Waals surface area contributed by atoms with Crippen LogP contribution in [0.1, 0.15) is 56.6 Å². The first-order chi connectivity index (χ1) is 10.2. The van der Waals surface area contributed by atoms with Crippen molar-refractivity contribution in [1.29, 1.82) is 0 Å². The molecule has 0 aromatic heterocycles. The molecule has 2 aliphatic carbocycles. The zero-order valence-corrected chi connectivity index (χ0v) is 13.6. The van der Waals surface area contributed by atoms with Crippen LogP contribution in [0, 0.1) is 5.92 Å². The SMILES string of the molecule is CN(C)C1(CNC(c2ccccc2)C2CC2)CCCCC1. The van der Waals surface area contributed by atoms with Crippen LogP contribution < -0.4 is 5.32 Å². The second-order valence-electron chi connectivity index (χ2n) is 7.29. The highest BCUT2D eigenvalue weighted by molar-refractivity contribution is 5.21. The van der Waals surface area contributed by atoms with Gasteiger partial charge in [-0.25, -0.2) is 0 Å². The van der Waals surface area contributed by atoms with Crippen molar-refractivity contribution in [2.24, 2.45) is 5.92 Å². The third-order valence-electron chi connectivity index (χ3n) is 5.64. The van der Waals surface area contributed by atoms with Gasteiger partial charge >= 0.3 is 0 Å². The predicted molar refractivity (Wildman–Crippen MR) is 89.4 cm³/mol. The van der Waals surface area contributed by atoms with Crippen LogP contribution in [0.15, 0.2) is 30.3 Å². The predicted octanol–water partition coefficient (Wildman–Crippen LogP) is 3.99. The molecule has 1 aromatic carbocycles. The van der Waals surface area contributed by atoms with Crippen LogP contribution in [0.5, 0.6) is 0 Å². The van der Waals surface area contributed by atoms with E-state index >= 15 is 0 Å². The quantitative estimate of drug-likeness (QED) is 0.850. The fourth-order valence-electron chi connectivity index (χ4n) is 3.94. The number of benzene rings is 1. The fraction of sp³-hybridized carbons (Fsp3) is 0.684. The van der Waals surface area contributed by atoms with Gasteiger partial charge in [0.25, 0.3) is 0 Å². The first kappa shape index (κ1) is 15.1. The summed E-state index contributed by atoms with van der Waals surface area (Å²) in [6.45, 7) is 1.13. The Balaban J connectivity index is 1.68. The molecule has 0 aliphatic heterocycles. The minimum absolute atomic E-state index is 0.375. The molecule has 2 fully saturated rings. The molecule has 2 heteroatoms. The Labute approximate surface area is 129 Å². The third-order valence-corrected chi connectivity index (χ3v) is 5.64. The van der Waals surface area contributed by atoms with Gasteiger partial charge in [-0.2, -0.15) is 0 Å². The number of rotatable bonds is 6. The van der Waals surface area contributed by atoms with Crippen molar-refractivity contribution in [2.45, 2.75) is 56.5 Å². The van der Waals surface area contributed by atoms with Crippen molar-refractivity contribution >= 4 is 0 Å². The third kappa shape index (κ3) is 3.49. The van der Waals surface area contributed by atoms with E-state index < -0.39 is 0 Å². The second kappa shape index (κ2) is 6.50. The molecule has 1 atom stereocenters. The summed E-state index contributed by atoms with van der Waals surface area (Å²) in [5, 5.41) is 3.95. The lowest BCUT2D eigenvalue weighted by Crippen LogP contribution is -2.53. The highest BCUT2D eigenvalue weighted by Gasteiger charge is 2.37. The lowest BCUT2D eigenvalue weighted by atomic mass is 9.80. The molecule has 2 nitrogen and oxygen atoms in total. The van der Waals surface area contributed by atoms with Crippen molar-refractivity contribution in [3.63, 3.8) is 0 Å². The molecule has 3 rings (SSSR count). The average Bonchev–Trinajstić information content (AvgIpc) is 3.34. The largest absolute Gasteiger partial charge is 0.308 e. The first-order valence-electron chi connectivity index (χ1n) is 8.67. The molecule has 2 saturated carbocycles. The van der Waals surface area contributed by atoms with E-state index in [1.165, 1.54) is 50.5 Å². The van der Waals surface area contributed by atoms with Crippen molar-refractivity contribution in [2.75, 3.05) is 20.6 Å². The highest BCUT2D eigenvalue weighted by atomic mass is 15.2. The van der Waals surface area contributed by atoms with Crippen molar-refractivity contribution in [3.05, 3.63) is 35.9 Å². The lowest BCUT2D eigenvalue weighted by Gasteiger charge is -2.44. The maximum atomic E-state index is 3.95. The van der Waals surface area contributed by atoms with Crippen LogP contribution in [0.3, 0.4) is 0 Å². The van der Waals surface area contributed by atoms with Crippen LogP contribution in [0.2, 0.25) is 0 Å². The fourth-order valence-corrected chi connectivity index (χ4v) is 3.94. The Kier molecular flexibility index (Phi) is 4.66. The van der Waals surface area contributed by atoms with Crippen molar-refractivity contribution in [1.82, 2.24) is 10.2 Å². The second-order valence-corrected chi connectivity index (χ2v) is 7.29. The Morgan fingerprint density at radius 3 is 2.33 bits per heavy atom. The smallest absolute Gasteiger partial charge is 0.0349 e. The summed E-state index contributed by atoms with van der Waals surface area (Å²) in [5.74, 6) is 0.857. The first-order valence-corrected chi connectivity index (χ1v) is 8.67. The van der Waals surface area contributed by atoms with E-state index in [1.807, 2.05) is 0 Å². The molecule has 0 saturated heterocycles. The maximum Gasteiger partial charge on any atom is 0.0349 e. The maximum absolute atomic E-state index is 3.95. The Morgan fingerprint density at radius 1 is 1.10 bits per heavy atom. The molecule has 1 aromatic rings. The van der Waals surface area contributed by atoms with Gasteiger partial charge in [0.15, 0.2) is 0 Å². The molecule has 21 heavy (non-hydrogen) atoms. The topological polar surface area (TPSA) is 15.3 Å². The van der Waals surface area contributed by atoms with Crippen LogP contribution in [0.4, 0.5) is 0 Å². The zero-order chi connectivity index (χ0) is 14.7. The van der Waals surface area contributed by atoms with E-state index in [-0.39, 0.29) is 0 Å². The zero-order valence-electron chi connectivity index (χ0n) is 13.6. The van der Waals surface area contributed by atoms with E-state index in [9.17, 15) is 0 Å². The van der Waals surface area contributed by atoms with Gasteiger partial charge in [0.2, 0.25) is 0 Å². The molecule has 2 aliphatic rings. The monoisotopic (exact) mass is 286 g/mol. The summed E-state index contributed by atoms with van der Waals surface area (Å²) in [4.78, 5) is 2.48. The van der Waals surface area contributed by atoms with Gasteiger partial charge in [-0.3, -0.25) is 0 Å². The van der Waals surface area contributed by atoms with Crippen molar-refractivity contribution in [3.8, 4) is 0 Å². The summed E-state index contributed by atoms with van der Waals surface area (Å²) in [5.41, 5.74) is 1.85. The van der Waals surface area contributed by atoms with Crippen molar-refractivity contribution < 1.29 is 0 Å². The molecule has 0 bridgehead atoms. The Bertz CT molecular complexity index is 430. The lowest BCUT2D eigenvalue weighted by molar-refractivity contribution is 0.0940. The summed E-state index contributed by atoms with van der Waals surface area (Å²) >= 11 is 0. The van der Waals surface area contributed by atoms with E-state index in [2.05, 4.69) is 54.6 Å². The van der Waals surface area contributed by atoms with Gasteiger partial charge in [0.1, 0.15) is 0 Å². The van der Waals surface area contributed by atoms with Crippen LogP contribution >= 0.6 is 0 Å². The number of nitrogens with one attached hydrogen (secondary N) is 1. The molecule has 0 amide bonds. The summed E-state index contributed by atoms with van der Waals surface area (Å²) in [7, 11) is 4.53. The molecule has 0 heterocycles.